The second kappa shape index (κ2) is 7.44. The van der Waals surface area contributed by atoms with Gasteiger partial charge in [0.15, 0.2) is 0 Å². The third-order valence-corrected chi connectivity index (χ3v) is 4.86. The Morgan fingerprint density at radius 1 is 0.923 bits per heavy atom. The monoisotopic (exact) mass is 346 g/mol. The minimum absolute atomic E-state index is 0.0186. The van der Waals surface area contributed by atoms with Gasteiger partial charge in [-0.25, -0.2) is 4.79 Å². The van der Waals surface area contributed by atoms with Crippen molar-refractivity contribution in [3.05, 3.63) is 100 Å². The van der Waals surface area contributed by atoms with Crippen molar-refractivity contribution in [2.45, 2.75) is 26.2 Å². The SMILES string of the molecule is Cc1ccc(C(C)c2ccccc2Cc2ccccc2)c(O)c1C(=O)O. The molecule has 2 N–H and O–H groups in total. The number of aromatic hydroxyl groups is 1. The molecule has 3 rings (SSSR count). The first-order valence-corrected chi connectivity index (χ1v) is 8.66. The average Bonchev–Trinajstić information content (AvgIpc) is 2.62. The predicted molar refractivity (Wildman–Crippen MR) is 103 cm³/mol. The molecule has 0 fully saturated rings. The Kier molecular flexibility index (Phi) is 5.08. The van der Waals surface area contributed by atoms with Crippen LogP contribution >= 0.6 is 0 Å². The molecule has 0 radical (unpaired) electrons. The summed E-state index contributed by atoms with van der Waals surface area (Å²) in [5, 5.41) is 20.0. The lowest BCUT2D eigenvalue weighted by atomic mass is 9.85. The summed E-state index contributed by atoms with van der Waals surface area (Å²) in [6.45, 7) is 3.70. The van der Waals surface area contributed by atoms with E-state index in [1.165, 1.54) is 11.1 Å². The van der Waals surface area contributed by atoms with Gasteiger partial charge in [-0.2, -0.15) is 0 Å². The van der Waals surface area contributed by atoms with Crippen molar-refractivity contribution in [1.29, 1.82) is 0 Å². The van der Waals surface area contributed by atoms with Crippen LogP contribution < -0.4 is 0 Å². The first-order chi connectivity index (χ1) is 12.5. The van der Waals surface area contributed by atoms with Gasteiger partial charge in [0, 0.05) is 11.5 Å². The Balaban J connectivity index is 2.03. The van der Waals surface area contributed by atoms with E-state index in [0.29, 0.717) is 11.1 Å². The first-order valence-electron chi connectivity index (χ1n) is 8.66. The molecular weight excluding hydrogens is 324 g/mol. The van der Waals surface area contributed by atoms with Crippen LogP contribution in [0.1, 0.15) is 51.0 Å². The fraction of sp³-hybridized carbons (Fsp3) is 0.174. The second-order valence-corrected chi connectivity index (χ2v) is 6.58. The number of carboxylic acids is 1. The Bertz CT molecular complexity index is 929. The first kappa shape index (κ1) is 17.7. The largest absolute Gasteiger partial charge is 0.507 e. The molecular formula is C23H22O3. The van der Waals surface area contributed by atoms with Gasteiger partial charge in [-0.15, -0.1) is 0 Å². The van der Waals surface area contributed by atoms with Crippen LogP contribution in [0.4, 0.5) is 0 Å². The van der Waals surface area contributed by atoms with E-state index in [9.17, 15) is 15.0 Å². The fourth-order valence-corrected chi connectivity index (χ4v) is 3.43. The standard InChI is InChI=1S/C23H22O3/c1-15-12-13-20(22(24)21(15)23(25)26)16(2)19-11-7-6-10-18(19)14-17-8-4-3-5-9-17/h3-13,16,24H,14H2,1-2H3,(H,25,26). The highest BCUT2D eigenvalue weighted by molar-refractivity contribution is 5.93. The van der Waals surface area contributed by atoms with Gasteiger partial charge >= 0.3 is 5.97 Å². The van der Waals surface area contributed by atoms with Crippen LogP contribution in [0.2, 0.25) is 0 Å². The molecule has 0 amide bonds. The molecule has 0 aliphatic heterocycles. The zero-order valence-corrected chi connectivity index (χ0v) is 14.9. The third-order valence-electron chi connectivity index (χ3n) is 4.86. The summed E-state index contributed by atoms with van der Waals surface area (Å²) >= 11 is 0. The predicted octanol–water partition coefficient (Wildman–Crippen LogP) is 5.14. The van der Waals surface area contributed by atoms with Gasteiger partial charge in [-0.05, 0) is 35.6 Å². The number of phenols is 1. The van der Waals surface area contributed by atoms with Gasteiger partial charge in [0.1, 0.15) is 11.3 Å². The van der Waals surface area contributed by atoms with Gasteiger partial charge in [-0.1, -0.05) is 73.7 Å². The van der Waals surface area contributed by atoms with Gasteiger partial charge in [0.05, 0.1) is 0 Å². The van der Waals surface area contributed by atoms with E-state index in [2.05, 4.69) is 18.2 Å². The van der Waals surface area contributed by atoms with E-state index in [1.54, 1.807) is 13.0 Å². The lowest BCUT2D eigenvalue weighted by Gasteiger charge is -2.20. The van der Waals surface area contributed by atoms with Gasteiger partial charge in [-0.3, -0.25) is 0 Å². The summed E-state index contributed by atoms with van der Waals surface area (Å²) in [4.78, 5) is 11.5. The van der Waals surface area contributed by atoms with Crippen molar-refractivity contribution in [1.82, 2.24) is 0 Å². The van der Waals surface area contributed by atoms with E-state index in [-0.39, 0.29) is 17.2 Å². The number of benzene rings is 3. The van der Waals surface area contributed by atoms with Crippen LogP contribution in [-0.2, 0) is 6.42 Å². The van der Waals surface area contributed by atoms with Crippen molar-refractivity contribution >= 4 is 5.97 Å². The number of aryl methyl sites for hydroxylation is 1. The molecule has 0 aliphatic rings. The zero-order chi connectivity index (χ0) is 18.7. The van der Waals surface area contributed by atoms with Crippen molar-refractivity contribution in [3.63, 3.8) is 0 Å². The molecule has 0 saturated heterocycles. The summed E-state index contributed by atoms with van der Waals surface area (Å²) in [5.41, 5.74) is 4.65. The maximum Gasteiger partial charge on any atom is 0.339 e. The van der Waals surface area contributed by atoms with E-state index in [1.807, 2.05) is 49.4 Å². The molecule has 26 heavy (non-hydrogen) atoms. The summed E-state index contributed by atoms with van der Waals surface area (Å²) in [7, 11) is 0. The Labute approximate surface area is 153 Å². The summed E-state index contributed by atoms with van der Waals surface area (Å²) in [6, 6.07) is 21.9. The normalized spacial score (nSPS) is 11.9. The Morgan fingerprint density at radius 2 is 1.58 bits per heavy atom. The van der Waals surface area contributed by atoms with Crippen LogP contribution in [0.5, 0.6) is 5.75 Å². The number of hydrogen-bond donors (Lipinski definition) is 2. The maximum absolute atomic E-state index is 11.5. The molecule has 0 spiro atoms. The highest BCUT2D eigenvalue weighted by atomic mass is 16.4. The molecule has 1 unspecified atom stereocenters. The fourth-order valence-electron chi connectivity index (χ4n) is 3.43. The topological polar surface area (TPSA) is 57.5 Å². The van der Waals surface area contributed by atoms with Crippen molar-refractivity contribution in [3.8, 4) is 5.75 Å². The average molecular weight is 346 g/mol. The van der Waals surface area contributed by atoms with Crippen LogP contribution in [0.25, 0.3) is 0 Å². The van der Waals surface area contributed by atoms with Crippen molar-refractivity contribution in [2.75, 3.05) is 0 Å². The number of aromatic carboxylic acids is 1. The third kappa shape index (κ3) is 3.47. The molecule has 0 saturated carbocycles. The van der Waals surface area contributed by atoms with Gasteiger partial charge < -0.3 is 10.2 Å². The van der Waals surface area contributed by atoms with Gasteiger partial charge in [0.2, 0.25) is 0 Å². The van der Waals surface area contributed by atoms with E-state index in [4.69, 9.17) is 0 Å². The summed E-state index contributed by atoms with van der Waals surface area (Å²) < 4.78 is 0. The molecule has 0 heterocycles. The molecule has 1 atom stereocenters. The van der Waals surface area contributed by atoms with Crippen LogP contribution in [0.3, 0.4) is 0 Å². The molecule has 132 valence electrons. The quantitative estimate of drug-likeness (QED) is 0.672. The minimum atomic E-state index is -1.10. The lowest BCUT2D eigenvalue weighted by Crippen LogP contribution is -2.06. The number of carboxylic acid groups (broad SMARTS) is 1. The molecule has 0 aliphatic carbocycles. The molecule has 0 aromatic heterocycles. The summed E-state index contributed by atoms with van der Waals surface area (Å²) in [6.07, 6.45) is 0.791. The lowest BCUT2D eigenvalue weighted by molar-refractivity contribution is 0.0692. The number of hydrogen-bond acceptors (Lipinski definition) is 2. The number of rotatable bonds is 5. The van der Waals surface area contributed by atoms with E-state index >= 15 is 0 Å². The highest BCUT2D eigenvalue weighted by Gasteiger charge is 2.22. The van der Waals surface area contributed by atoms with E-state index in [0.717, 1.165) is 12.0 Å². The molecule has 0 bridgehead atoms. The van der Waals surface area contributed by atoms with Crippen molar-refractivity contribution in [2.24, 2.45) is 0 Å². The van der Waals surface area contributed by atoms with Crippen LogP contribution in [0, 0.1) is 6.92 Å². The maximum atomic E-state index is 11.5. The summed E-state index contributed by atoms with van der Waals surface area (Å²) in [5.74, 6) is -1.36. The van der Waals surface area contributed by atoms with Gasteiger partial charge in [0.25, 0.3) is 0 Å². The Hall–Kier alpha value is -3.07. The smallest absolute Gasteiger partial charge is 0.339 e. The minimum Gasteiger partial charge on any atom is -0.507 e. The zero-order valence-electron chi connectivity index (χ0n) is 14.9. The van der Waals surface area contributed by atoms with Crippen LogP contribution in [0.15, 0.2) is 66.7 Å². The molecule has 3 aromatic rings. The van der Waals surface area contributed by atoms with E-state index < -0.39 is 5.97 Å². The molecule has 3 heteroatoms. The molecule has 3 aromatic carbocycles. The van der Waals surface area contributed by atoms with Crippen LogP contribution in [-0.4, -0.2) is 16.2 Å². The Morgan fingerprint density at radius 3 is 2.27 bits per heavy atom. The highest BCUT2D eigenvalue weighted by Crippen LogP contribution is 2.36. The second-order valence-electron chi connectivity index (χ2n) is 6.58. The number of carbonyl (C=O) groups is 1. The van der Waals surface area contributed by atoms with Crippen molar-refractivity contribution < 1.29 is 15.0 Å². The molecule has 3 nitrogen and oxygen atoms in total.